The van der Waals surface area contributed by atoms with E-state index in [0.717, 1.165) is 5.56 Å². The van der Waals surface area contributed by atoms with Crippen LogP contribution in [0.1, 0.15) is 15.9 Å². The number of ether oxygens (including phenoxy) is 2. The van der Waals surface area contributed by atoms with Crippen LogP contribution < -0.4 is 29.0 Å². The van der Waals surface area contributed by atoms with Crippen LogP contribution in [0.4, 0.5) is 4.79 Å². The third-order valence-corrected chi connectivity index (χ3v) is 4.82. The summed E-state index contributed by atoms with van der Waals surface area (Å²) >= 11 is 3.86. The van der Waals surface area contributed by atoms with E-state index in [1.165, 1.54) is 27.3 Å². The number of urea groups is 1. The van der Waals surface area contributed by atoms with E-state index in [1.807, 2.05) is 0 Å². The summed E-state index contributed by atoms with van der Waals surface area (Å²) in [6.45, 7) is 0.319. The van der Waals surface area contributed by atoms with Crippen LogP contribution >= 0.6 is 11.6 Å². The molecule has 11 heteroatoms. The molecular formula is C19H22ClN3O6S. The number of carbonyl (C=O) groups is 2. The lowest BCUT2D eigenvalue weighted by Crippen LogP contribution is -2.35. The molecule has 0 saturated carbocycles. The van der Waals surface area contributed by atoms with Gasteiger partial charge in [0.05, 0.1) is 19.8 Å². The standard InChI is InChI=1S/C19H22ClN3O6S/c1-21-19(25)23-30(26)29-17-10-12(4-6-16(17)28-3)8-9-22-18(24)14-11-13(20)5-7-15(14)27-2/h4-7,10-11H,8-9H2,1-3H3,(H,22,24)(H2,21,23,25). The highest BCUT2D eigenvalue weighted by molar-refractivity contribution is 7.79. The van der Waals surface area contributed by atoms with Gasteiger partial charge in [0, 0.05) is 18.6 Å². The smallest absolute Gasteiger partial charge is 0.328 e. The molecule has 9 nitrogen and oxygen atoms in total. The molecule has 0 radical (unpaired) electrons. The van der Waals surface area contributed by atoms with Gasteiger partial charge >= 0.3 is 17.3 Å². The lowest BCUT2D eigenvalue weighted by atomic mass is 10.1. The lowest BCUT2D eigenvalue weighted by Gasteiger charge is -2.12. The van der Waals surface area contributed by atoms with Gasteiger partial charge in [-0.15, -0.1) is 0 Å². The van der Waals surface area contributed by atoms with E-state index < -0.39 is 17.3 Å². The largest absolute Gasteiger partial charge is 0.496 e. The quantitative estimate of drug-likeness (QED) is 0.534. The fourth-order valence-electron chi connectivity index (χ4n) is 2.44. The maximum atomic E-state index is 12.4. The van der Waals surface area contributed by atoms with Gasteiger partial charge in [-0.3, -0.25) is 4.79 Å². The van der Waals surface area contributed by atoms with Gasteiger partial charge in [0.2, 0.25) is 0 Å². The minimum atomic E-state index is -2.10. The molecule has 0 aliphatic heterocycles. The Hall–Kier alpha value is -2.98. The number of hydrogen-bond donors (Lipinski definition) is 3. The van der Waals surface area contributed by atoms with Crippen LogP contribution in [0.25, 0.3) is 0 Å². The zero-order valence-corrected chi connectivity index (χ0v) is 18.2. The normalized spacial score (nSPS) is 11.2. The number of methoxy groups -OCH3 is 2. The third kappa shape index (κ3) is 6.53. The summed E-state index contributed by atoms with van der Waals surface area (Å²) in [6.07, 6.45) is 0.463. The van der Waals surface area contributed by atoms with Crippen molar-refractivity contribution in [3.63, 3.8) is 0 Å². The summed E-state index contributed by atoms with van der Waals surface area (Å²) in [5, 5.41) is 5.50. The molecule has 30 heavy (non-hydrogen) atoms. The summed E-state index contributed by atoms with van der Waals surface area (Å²) < 4.78 is 29.6. The zero-order valence-electron chi connectivity index (χ0n) is 16.6. The van der Waals surface area contributed by atoms with Gasteiger partial charge in [0.25, 0.3) is 5.91 Å². The van der Waals surface area contributed by atoms with Crippen molar-refractivity contribution in [2.45, 2.75) is 6.42 Å². The topological polar surface area (TPSA) is 115 Å². The van der Waals surface area contributed by atoms with Crippen molar-refractivity contribution in [3.8, 4) is 17.2 Å². The maximum absolute atomic E-state index is 12.4. The van der Waals surface area contributed by atoms with Gasteiger partial charge in [0.1, 0.15) is 5.75 Å². The first kappa shape index (κ1) is 23.3. The number of carbonyl (C=O) groups excluding carboxylic acids is 2. The Bertz CT molecular complexity index is 940. The number of hydrogen-bond acceptors (Lipinski definition) is 6. The summed E-state index contributed by atoms with van der Waals surface area (Å²) in [5.74, 6) is 0.629. The van der Waals surface area contributed by atoms with E-state index in [1.54, 1.807) is 30.3 Å². The molecule has 3 amide bonds. The van der Waals surface area contributed by atoms with Crippen molar-refractivity contribution in [2.24, 2.45) is 0 Å². The first-order valence-corrected chi connectivity index (χ1v) is 10.2. The molecule has 2 rings (SSSR count). The molecule has 0 aliphatic carbocycles. The summed E-state index contributed by atoms with van der Waals surface area (Å²) in [4.78, 5) is 23.7. The first-order chi connectivity index (χ1) is 14.4. The Balaban J connectivity index is 2.02. The minimum Gasteiger partial charge on any atom is -0.496 e. The van der Waals surface area contributed by atoms with Crippen LogP contribution in [-0.2, 0) is 17.7 Å². The van der Waals surface area contributed by atoms with Crippen molar-refractivity contribution in [2.75, 3.05) is 27.8 Å². The minimum absolute atomic E-state index is 0.188. The van der Waals surface area contributed by atoms with E-state index >= 15 is 0 Å². The molecule has 0 heterocycles. The van der Waals surface area contributed by atoms with Gasteiger partial charge in [-0.1, -0.05) is 17.7 Å². The second-order valence-corrected chi connectivity index (χ2v) is 7.11. The Labute approximate surface area is 181 Å². The van der Waals surface area contributed by atoms with Crippen LogP contribution in [-0.4, -0.2) is 44.0 Å². The molecule has 1 atom stereocenters. The van der Waals surface area contributed by atoms with Crippen LogP contribution in [0.3, 0.4) is 0 Å². The van der Waals surface area contributed by atoms with Gasteiger partial charge in [-0.05, 0) is 42.3 Å². The maximum Gasteiger partial charge on any atom is 0.328 e. The number of halogens is 1. The highest BCUT2D eigenvalue weighted by atomic mass is 35.5. The lowest BCUT2D eigenvalue weighted by molar-refractivity contribution is 0.0951. The Morgan fingerprint density at radius 3 is 2.40 bits per heavy atom. The predicted octanol–water partition coefficient (Wildman–Crippen LogP) is 2.22. The molecule has 0 saturated heterocycles. The highest BCUT2D eigenvalue weighted by Crippen LogP contribution is 2.29. The molecule has 2 aromatic carbocycles. The van der Waals surface area contributed by atoms with E-state index in [0.29, 0.717) is 35.1 Å². The fraction of sp³-hybridized carbons (Fsp3) is 0.263. The molecule has 0 bridgehead atoms. The zero-order chi connectivity index (χ0) is 22.1. The van der Waals surface area contributed by atoms with Crippen molar-refractivity contribution >= 4 is 34.8 Å². The molecule has 1 unspecified atom stereocenters. The molecule has 2 aromatic rings. The SMILES string of the molecule is CNC(=O)NS(=O)Oc1cc(CCNC(=O)c2cc(Cl)ccc2OC)ccc1OC. The van der Waals surface area contributed by atoms with E-state index in [4.69, 9.17) is 25.3 Å². The second kappa shape index (κ2) is 11.3. The molecule has 0 spiro atoms. The van der Waals surface area contributed by atoms with Crippen molar-refractivity contribution < 1.29 is 27.5 Å². The summed E-state index contributed by atoms with van der Waals surface area (Å²) in [5.41, 5.74) is 1.13. The second-order valence-electron chi connectivity index (χ2n) is 5.83. The van der Waals surface area contributed by atoms with Gasteiger partial charge < -0.3 is 24.3 Å². The van der Waals surface area contributed by atoms with E-state index in [-0.39, 0.29) is 11.7 Å². The van der Waals surface area contributed by atoms with Crippen LogP contribution in [0.15, 0.2) is 36.4 Å². The van der Waals surface area contributed by atoms with Crippen molar-refractivity contribution in [1.82, 2.24) is 15.4 Å². The van der Waals surface area contributed by atoms with E-state index in [9.17, 15) is 13.8 Å². The number of nitrogens with one attached hydrogen (secondary N) is 3. The molecule has 162 valence electrons. The fourth-order valence-corrected chi connectivity index (χ4v) is 3.20. The van der Waals surface area contributed by atoms with E-state index in [2.05, 4.69) is 15.4 Å². The number of benzene rings is 2. The monoisotopic (exact) mass is 455 g/mol. The average molecular weight is 456 g/mol. The molecule has 3 N–H and O–H groups in total. The van der Waals surface area contributed by atoms with Crippen molar-refractivity contribution in [1.29, 1.82) is 0 Å². The van der Waals surface area contributed by atoms with Crippen LogP contribution in [0.5, 0.6) is 17.2 Å². The molecular weight excluding hydrogens is 434 g/mol. The van der Waals surface area contributed by atoms with Crippen LogP contribution in [0.2, 0.25) is 5.02 Å². The molecule has 0 aliphatic rings. The van der Waals surface area contributed by atoms with Gasteiger partial charge in [-0.25, -0.2) is 9.52 Å². The van der Waals surface area contributed by atoms with Crippen LogP contribution in [0, 0.1) is 0 Å². The Kier molecular flexibility index (Phi) is 8.75. The molecule has 0 fully saturated rings. The Morgan fingerprint density at radius 2 is 1.73 bits per heavy atom. The van der Waals surface area contributed by atoms with Gasteiger partial charge in [-0.2, -0.15) is 4.21 Å². The predicted molar refractivity (Wildman–Crippen MR) is 113 cm³/mol. The molecule has 0 aromatic heterocycles. The first-order valence-electron chi connectivity index (χ1n) is 8.75. The number of amides is 3. The summed E-state index contributed by atoms with van der Waals surface area (Å²) in [6, 6.07) is 9.19. The van der Waals surface area contributed by atoms with Crippen molar-refractivity contribution in [3.05, 3.63) is 52.5 Å². The number of rotatable bonds is 9. The Morgan fingerprint density at radius 1 is 1.03 bits per heavy atom. The van der Waals surface area contributed by atoms with Gasteiger partial charge in [0.15, 0.2) is 11.5 Å². The average Bonchev–Trinajstić information content (AvgIpc) is 2.73. The highest BCUT2D eigenvalue weighted by Gasteiger charge is 2.14. The summed E-state index contributed by atoms with van der Waals surface area (Å²) in [7, 11) is 4.30. The third-order valence-electron chi connectivity index (χ3n) is 3.90.